The van der Waals surface area contributed by atoms with Crippen molar-refractivity contribution in [2.75, 3.05) is 44.7 Å². The number of aromatic amines is 1. The van der Waals surface area contributed by atoms with Gasteiger partial charge in [-0.25, -0.2) is 4.79 Å². The van der Waals surface area contributed by atoms with Gasteiger partial charge in [-0.1, -0.05) is 12.1 Å². The van der Waals surface area contributed by atoms with Crippen molar-refractivity contribution in [2.24, 2.45) is 0 Å². The van der Waals surface area contributed by atoms with Gasteiger partial charge in [-0.05, 0) is 38.1 Å². The van der Waals surface area contributed by atoms with Crippen molar-refractivity contribution >= 4 is 16.6 Å². The van der Waals surface area contributed by atoms with Gasteiger partial charge < -0.3 is 19.4 Å². The minimum absolute atomic E-state index is 0.0167. The summed E-state index contributed by atoms with van der Waals surface area (Å²) >= 11 is 0. The van der Waals surface area contributed by atoms with Crippen LogP contribution in [0.25, 0.3) is 10.9 Å². The lowest BCUT2D eigenvalue weighted by molar-refractivity contribution is 0.242. The fraction of sp³-hybridized carbons (Fsp3) is 0.417. The number of methoxy groups -OCH3 is 1. The number of fused-ring (bicyclic) bond motifs is 1. The number of benzene rings is 2. The molecule has 2 aromatic carbocycles. The molecule has 0 spiro atoms. The number of anilines is 1. The van der Waals surface area contributed by atoms with Crippen molar-refractivity contribution in [1.82, 2.24) is 14.5 Å². The van der Waals surface area contributed by atoms with Gasteiger partial charge in [0, 0.05) is 45.3 Å². The van der Waals surface area contributed by atoms with E-state index in [1.807, 2.05) is 32.0 Å². The van der Waals surface area contributed by atoms with Crippen molar-refractivity contribution in [3.05, 3.63) is 63.3 Å². The first kappa shape index (κ1) is 22.0. The second-order valence-corrected chi connectivity index (χ2v) is 8.26. The molecule has 8 heteroatoms. The third-order valence-corrected chi connectivity index (χ3v) is 5.76. The molecule has 3 aromatic rings. The van der Waals surface area contributed by atoms with Crippen LogP contribution in [0.3, 0.4) is 0 Å². The maximum Gasteiger partial charge on any atom is 0.328 e. The van der Waals surface area contributed by atoms with E-state index < -0.39 is 5.69 Å². The van der Waals surface area contributed by atoms with E-state index in [4.69, 9.17) is 9.47 Å². The summed E-state index contributed by atoms with van der Waals surface area (Å²) in [7, 11) is 1.69. The van der Waals surface area contributed by atoms with Crippen molar-refractivity contribution in [3.63, 3.8) is 0 Å². The molecular formula is C24H30N4O4. The summed E-state index contributed by atoms with van der Waals surface area (Å²) in [6.07, 6.45) is 0.0167. The van der Waals surface area contributed by atoms with E-state index in [1.165, 1.54) is 4.57 Å². The van der Waals surface area contributed by atoms with Gasteiger partial charge in [-0.2, -0.15) is 0 Å². The highest BCUT2D eigenvalue weighted by atomic mass is 16.5. The first-order valence-electron chi connectivity index (χ1n) is 11.0. The number of para-hydroxylation sites is 2. The van der Waals surface area contributed by atoms with Crippen LogP contribution >= 0.6 is 0 Å². The van der Waals surface area contributed by atoms with Crippen molar-refractivity contribution in [1.29, 1.82) is 0 Å². The van der Waals surface area contributed by atoms with Gasteiger partial charge in [0.05, 0.1) is 29.8 Å². The second-order valence-electron chi connectivity index (χ2n) is 8.26. The van der Waals surface area contributed by atoms with E-state index in [2.05, 4.69) is 20.9 Å². The van der Waals surface area contributed by atoms with Gasteiger partial charge >= 0.3 is 5.69 Å². The van der Waals surface area contributed by atoms with E-state index in [1.54, 1.807) is 25.3 Å². The summed E-state index contributed by atoms with van der Waals surface area (Å²) in [5, 5.41) is 0.488. The molecule has 0 bridgehead atoms. The predicted octanol–water partition coefficient (Wildman–Crippen LogP) is 2.31. The average Bonchev–Trinajstić information content (AvgIpc) is 2.78. The minimum atomic E-state index is -0.392. The molecule has 0 unspecified atom stereocenters. The Kier molecular flexibility index (Phi) is 6.50. The lowest BCUT2D eigenvalue weighted by atomic mass is 10.2. The number of nitrogens with one attached hydrogen (secondary N) is 1. The number of hydrogen-bond donors (Lipinski definition) is 1. The summed E-state index contributed by atoms with van der Waals surface area (Å²) in [5.74, 6) is 1.50. The van der Waals surface area contributed by atoms with E-state index in [0.717, 1.165) is 37.6 Å². The molecule has 0 aliphatic carbocycles. The molecule has 4 rings (SSSR count). The number of hydrogen-bond acceptors (Lipinski definition) is 6. The van der Waals surface area contributed by atoms with E-state index in [-0.39, 0.29) is 11.7 Å². The number of nitrogens with zero attached hydrogens (tertiary/aromatic N) is 3. The third-order valence-electron chi connectivity index (χ3n) is 5.76. The second kappa shape index (κ2) is 9.48. The molecule has 0 amide bonds. The number of piperazine rings is 1. The smallest absolute Gasteiger partial charge is 0.328 e. The highest BCUT2D eigenvalue weighted by molar-refractivity contribution is 5.78. The maximum absolute atomic E-state index is 12.9. The lowest BCUT2D eigenvalue weighted by Crippen LogP contribution is -2.48. The predicted molar refractivity (Wildman–Crippen MR) is 126 cm³/mol. The summed E-state index contributed by atoms with van der Waals surface area (Å²) in [5.41, 5.74) is 0.932. The zero-order valence-electron chi connectivity index (χ0n) is 18.8. The number of rotatable bonds is 7. The van der Waals surface area contributed by atoms with Crippen LogP contribution < -0.4 is 25.6 Å². The highest BCUT2D eigenvalue weighted by Crippen LogP contribution is 2.28. The molecule has 32 heavy (non-hydrogen) atoms. The Hall–Kier alpha value is -3.26. The highest BCUT2D eigenvalue weighted by Gasteiger charge is 2.20. The van der Waals surface area contributed by atoms with Gasteiger partial charge in [0.2, 0.25) is 0 Å². The topological polar surface area (TPSA) is 79.8 Å². The van der Waals surface area contributed by atoms with Crippen LogP contribution in [0.15, 0.2) is 52.1 Å². The van der Waals surface area contributed by atoms with Gasteiger partial charge in [0.15, 0.2) is 0 Å². The summed E-state index contributed by atoms with van der Waals surface area (Å²) in [4.78, 5) is 32.9. The summed E-state index contributed by atoms with van der Waals surface area (Å²) in [6, 6.07) is 13.2. The SMILES string of the molecule is COc1ccccc1N1CCN(CCn2c(=O)[nH]c3cc(OC(C)C)ccc3c2=O)CC1. The Balaban J connectivity index is 1.42. The molecule has 0 saturated carbocycles. The Morgan fingerprint density at radius 1 is 1.00 bits per heavy atom. The fourth-order valence-electron chi connectivity index (χ4n) is 4.13. The molecule has 1 saturated heterocycles. The quantitative estimate of drug-likeness (QED) is 0.610. The molecule has 1 N–H and O–H groups in total. The Labute approximate surface area is 187 Å². The normalized spacial score (nSPS) is 14.8. The van der Waals surface area contributed by atoms with Crippen LogP contribution in [0.4, 0.5) is 5.69 Å². The van der Waals surface area contributed by atoms with Gasteiger partial charge in [-0.15, -0.1) is 0 Å². The Bertz CT molecular complexity index is 1190. The van der Waals surface area contributed by atoms with Crippen LogP contribution in [-0.2, 0) is 6.54 Å². The number of ether oxygens (including phenoxy) is 2. The molecule has 170 valence electrons. The molecule has 1 aliphatic rings. The van der Waals surface area contributed by atoms with Crippen LogP contribution in [0.5, 0.6) is 11.5 Å². The standard InChI is InChI=1S/C24H30N4O4/c1-17(2)32-18-8-9-19-20(16-18)25-24(30)28(23(19)29)15-12-26-10-13-27(14-11-26)21-6-4-5-7-22(21)31-3/h4-9,16-17H,10-15H2,1-3H3,(H,25,30). The van der Waals surface area contributed by atoms with Crippen molar-refractivity contribution in [3.8, 4) is 11.5 Å². The molecule has 8 nitrogen and oxygen atoms in total. The summed E-state index contributed by atoms with van der Waals surface area (Å²) < 4.78 is 12.4. The molecular weight excluding hydrogens is 408 g/mol. The molecule has 0 radical (unpaired) electrons. The Morgan fingerprint density at radius 3 is 2.47 bits per heavy atom. The largest absolute Gasteiger partial charge is 0.495 e. The maximum atomic E-state index is 12.9. The fourth-order valence-corrected chi connectivity index (χ4v) is 4.13. The van der Waals surface area contributed by atoms with Gasteiger partial charge in [0.1, 0.15) is 11.5 Å². The lowest BCUT2D eigenvalue weighted by Gasteiger charge is -2.36. The van der Waals surface area contributed by atoms with Gasteiger partial charge in [0.25, 0.3) is 5.56 Å². The molecule has 0 atom stereocenters. The zero-order chi connectivity index (χ0) is 22.7. The first-order valence-corrected chi connectivity index (χ1v) is 11.0. The van der Waals surface area contributed by atoms with Gasteiger partial charge in [-0.3, -0.25) is 14.3 Å². The third kappa shape index (κ3) is 4.65. The minimum Gasteiger partial charge on any atom is -0.495 e. The Morgan fingerprint density at radius 2 is 1.75 bits per heavy atom. The monoisotopic (exact) mass is 438 g/mol. The molecule has 2 heterocycles. The van der Waals surface area contributed by atoms with Crippen LogP contribution in [0.2, 0.25) is 0 Å². The van der Waals surface area contributed by atoms with Crippen LogP contribution in [-0.4, -0.2) is 60.4 Å². The molecule has 1 aliphatic heterocycles. The summed E-state index contributed by atoms with van der Waals surface area (Å²) in [6.45, 7) is 8.29. The first-order chi connectivity index (χ1) is 15.5. The van der Waals surface area contributed by atoms with Crippen LogP contribution in [0.1, 0.15) is 13.8 Å². The zero-order valence-corrected chi connectivity index (χ0v) is 18.8. The average molecular weight is 439 g/mol. The van der Waals surface area contributed by atoms with Crippen LogP contribution in [0, 0.1) is 0 Å². The molecule has 1 fully saturated rings. The van der Waals surface area contributed by atoms with E-state index in [9.17, 15) is 9.59 Å². The van der Waals surface area contributed by atoms with Crippen molar-refractivity contribution in [2.45, 2.75) is 26.5 Å². The number of H-pyrrole nitrogens is 1. The van der Waals surface area contributed by atoms with E-state index >= 15 is 0 Å². The van der Waals surface area contributed by atoms with Crippen molar-refractivity contribution < 1.29 is 9.47 Å². The number of aromatic nitrogens is 2. The molecule has 1 aromatic heterocycles. The van der Waals surface area contributed by atoms with E-state index in [0.29, 0.717) is 29.7 Å².